The molecule has 0 heterocycles. The van der Waals surface area contributed by atoms with Crippen LogP contribution in [0.5, 0.6) is 0 Å². The largest absolute Gasteiger partial charge is 0.308 e. The summed E-state index contributed by atoms with van der Waals surface area (Å²) in [5, 5.41) is 16.4. The van der Waals surface area contributed by atoms with Crippen LogP contribution >= 0.6 is 12.6 Å². The number of nitrogens with one attached hydrogen (secondary N) is 1. The first kappa shape index (κ1) is 14.4. The lowest BCUT2D eigenvalue weighted by Gasteiger charge is -2.17. The highest BCUT2D eigenvalue weighted by Gasteiger charge is 2.14. The molecule has 0 unspecified atom stereocenters. The van der Waals surface area contributed by atoms with Crippen molar-refractivity contribution in [3.05, 3.63) is 53.1 Å². The SMILES string of the molecule is CC(C)c1ccc(C=N)c(S)c1-c1ccc(C#N)cc1. The number of nitrogens with zero attached hydrogens (tertiary/aromatic N) is 1. The summed E-state index contributed by atoms with van der Waals surface area (Å²) < 4.78 is 0. The van der Waals surface area contributed by atoms with E-state index in [1.807, 2.05) is 30.3 Å². The lowest BCUT2D eigenvalue weighted by molar-refractivity contribution is 0.865. The van der Waals surface area contributed by atoms with Gasteiger partial charge in [-0.1, -0.05) is 38.1 Å². The monoisotopic (exact) mass is 280 g/mol. The van der Waals surface area contributed by atoms with Crippen molar-refractivity contribution in [3.63, 3.8) is 0 Å². The fourth-order valence-electron chi connectivity index (χ4n) is 2.24. The summed E-state index contributed by atoms with van der Waals surface area (Å²) in [7, 11) is 0. The third-order valence-electron chi connectivity index (χ3n) is 3.32. The van der Waals surface area contributed by atoms with E-state index in [0.717, 1.165) is 21.6 Å². The number of rotatable bonds is 3. The molecule has 0 spiro atoms. The number of hydrogen-bond donors (Lipinski definition) is 2. The fourth-order valence-corrected chi connectivity index (χ4v) is 2.63. The second-order valence-corrected chi connectivity index (χ2v) is 5.40. The highest BCUT2D eigenvalue weighted by Crippen LogP contribution is 2.36. The summed E-state index contributed by atoms with van der Waals surface area (Å²) in [4.78, 5) is 0.816. The second kappa shape index (κ2) is 5.94. The standard InChI is InChI=1S/C17H16N2S/c1-11(2)15-8-7-14(10-19)17(20)16(15)13-5-3-12(9-18)4-6-13/h3-8,10-11,19-20H,1-2H3. The van der Waals surface area contributed by atoms with Crippen molar-refractivity contribution in [2.24, 2.45) is 0 Å². The van der Waals surface area contributed by atoms with Gasteiger partial charge in [-0.3, -0.25) is 0 Å². The zero-order valence-electron chi connectivity index (χ0n) is 11.5. The number of benzene rings is 2. The fraction of sp³-hybridized carbons (Fsp3) is 0.176. The summed E-state index contributed by atoms with van der Waals surface area (Å²) >= 11 is 4.60. The smallest absolute Gasteiger partial charge is 0.0991 e. The molecule has 20 heavy (non-hydrogen) atoms. The van der Waals surface area contributed by atoms with Crippen LogP contribution in [0.4, 0.5) is 0 Å². The van der Waals surface area contributed by atoms with Crippen LogP contribution in [0.1, 0.15) is 36.5 Å². The molecule has 0 saturated carbocycles. The van der Waals surface area contributed by atoms with Crippen LogP contribution in [-0.4, -0.2) is 6.21 Å². The summed E-state index contributed by atoms with van der Waals surface area (Å²) in [6.45, 7) is 4.28. The van der Waals surface area contributed by atoms with Gasteiger partial charge in [-0.05, 0) is 34.7 Å². The number of nitriles is 1. The van der Waals surface area contributed by atoms with Crippen LogP contribution in [0.2, 0.25) is 0 Å². The molecule has 0 radical (unpaired) electrons. The minimum atomic E-state index is 0.367. The van der Waals surface area contributed by atoms with Gasteiger partial charge < -0.3 is 5.41 Å². The van der Waals surface area contributed by atoms with Crippen LogP contribution in [0.25, 0.3) is 11.1 Å². The number of thiol groups is 1. The van der Waals surface area contributed by atoms with E-state index in [0.29, 0.717) is 11.5 Å². The van der Waals surface area contributed by atoms with Gasteiger partial charge in [0.25, 0.3) is 0 Å². The Hall–Kier alpha value is -2.05. The van der Waals surface area contributed by atoms with Gasteiger partial charge in [-0.25, -0.2) is 0 Å². The van der Waals surface area contributed by atoms with E-state index >= 15 is 0 Å². The van der Waals surface area contributed by atoms with Gasteiger partial charge in [0.15, 0.2) is 0 Å². The predicted octanol–water partition coefficient (Wildman–Crippen LogP) is 4.64. The Morgan fingerprint density at radius 3 is 2.30 bits per heavy atom. The molecule has 1 N–H and O–H groups in total. The minimum Gasteiger partial charge on any atom is -0.308 e. The molecule has 0 aliphatic heterocycles. The molecular weight excluding hydrogens is 264 g/mol. The molecule has 0 amide bonds. The van der Waals surface area contributed by atoms with Crippen molar-refractivity contribution in [1.82, 2.24) is 0 Å². The molecule has 0 aromatic heterocycles. The van der Waals surface area contributed by atoms with Crippen molar-refractivity contribution in [3.8, 4) is 17.2 Å². The number of hydrogen-bond acceptors (Lipinski definition) is 3. The third-order valence-corrected chi connectivity index (χ3v) is 3.80. The molecule has 2 aromatic rings. The third kappa shape index (κ3) is 2.61. The van der Waals surface area contributed by atoms with E-state index in [-0.39, 0.29) is 0 Å². The lowest BCUT2D eigenvalue weighted by Crippen LogP contribution is -1.97. The van der Waals surface area contributed by atoms with E-state index in [2.05, 4.69) is 38.6 Å². The van der Waals surface area contributed by atoms with Gasteiger partial charge in [0.1, 0.15) is 0 Å². The van der Waals surface area contributed by atoms with Crippen LogP contribution < -0.4 is 0 Å². The van der Waals surface area contributed by atoms with Crippen molar-refractivity contribution in [1.29, 1.82) is 10.7 Å². The predicted molar refractivity (Wildman–Crippen MR) is 85.8 cm³/mol. The van der Waals surface area contributed by atoms with Crippen molar-refractivity contribution in [2.45, 2.75) is 24.7 Å². The van der Waals surface area contributed by atoms with Crippen LogP contribution in [-0.2, 0) is 0 Å². The molecule has 0 aliphatic rings. The lowest BCUT2D eigenvalue weighted by atomic mass is 9.90. The van der Waals surface area contributed by atoms with Gasteiger partial charge in [0, 0.05) is 16.7 Å². The Morgan fingerprint density at radius 1 is 1.15 bits per heavy atom. The summed E-state index contributed by atoms with van der Waals surface area (Å²) in [6, 6.07) is 13.6. The average molecular weight is 280 g/mol. The van der Waals surface area contributed by atoms with Crippen LogP contribution in [0.15, 0.2) is 41.3 Å². The molecule has 0 fully saturated rings. The van der Waals surface area contributed by atoms with Crippen LogP contribution in [0.3, 0.4) is 0 Å². The Labute approximate surface area is 125 Å². The molecule has 2 aromatic carbocycles. The maximum atomic E-state index is 8.88. The van der Waals surface area contributed by atoms with Gasteiger partial charge >= 0.3 is 0 Å². The van der Waals surface area contributed by atoms with Crippen molar-refractivity contribution < 1.29 is 0 Å². The maximum Gasteiger partial charge on any atom is 0.0991 e. The van der Waals surface area contributed by atoms with E-state index in [1.54, 1.807) is 0 Å². The van der Waals surface area contributed by atoms with E-state index in [1.165, 1.54) is 11.8 Å². The Bertz CT molecular complexity index is 679. The quantitative estimate of drug-likeness (QED) is 0.624. The van der Waals surface area contributed by atoms with Gasteiger partial charge in [0.05, 0.1) is 11.6 Å². The molecule has 0 bridgehead atoms. The van der Waals surface area contributed by atoms with Crippen molar-refractivity contribution >= 4 is 18.8 Å². The first-order chi connectivity index (χ1) is 9.58. The molecule has 2 nitrogen and oxygen atoms in total. The molecule has 2 rings (SSSR count). The zero-order valence-corrected chi connectivity index (χ0v) is 12.4. The molecule has 0 atom stereocenters. The second-order valence-electron chi connectivity index (χ2n) is 4.96. The normalized spacial score (nSPS) is 10.3. The van der Waals surface area contributed by atoms with Crippen LogP contribution in [0, 0.1) is 16.7 Å². The highest BCUT2D eigenvalue weighted by atomic mass is 32.1. The summed E-state index contributed by atoms with van der Waals surface area (Å²) in [5.74, 6) is 0.367. The topological polar surface area (TPSA) is 47.6 Å². The van der Waals surface area contributed by atoms with Crippen molar-refractivity contribution in [2.75, 3.05) is 0 Å². The highest BCUT2D eigenvalue weighted by molar-refractivity contribution is 7.80. The molecule has 0 aliphatic carbocycles. The van der Waals surface area contributed by atoms with E-state index in [4.69, 9.17) is 10.7 Å². The van der Waals surface area contributed by atoms with Gasteiger partial charge in [-0.15, -0.1) is 12.6 Å². The van der Waals surface area contributed by atoms with E-state index in [9.17, 15) is 0 Å². The van der Waals surface area contributed by atoms with Gasteiger partial charge in [0.2, 0.25) is 0 Å². The maximum absolute atomic E-state index is 8.88. The Kier molecular flexibility index (Phi) is 4.26. The molecule has 100 valence electrons. The molecule has 3 heteroatoms. The minimum absolute atomic E-state index is 0.367. The summed E-state index contributed by atoms with van der Waals surface area (Å²) in [6.07, 6.45) is 1.32. The summed E-state index contributed by atoms with van der Waals surface area (Å²) in [5.41, 5.74) is 4.72. The van der Waals surface area contributed by atoms with Gasteiger partial charge in [-0.2, -0.15) is 5.26 Å². The Morgan fingerprint density at radius 2 is 1.80 bits per heavy atom. The first-order valence-corrected chi connectivity index (χ1v) is 6.90. The van der Waals surface area contributed by atoms with E-state index < -0.39 is 0 Å². The Balaban J connectivity index is 2.69. The first-order valence-electron chi connectivity index (χ1n) is 6.45. The molecular formula is C17H16N2S. The zero-order chi connectivity index (χ0) is 14.7. The average Bonchev–Trinajstić information content (AvgIpc) is 2.47. The molecule has 0 saturated heterocycles.